The molecule has 0 aromatic heterocycles. The fourth-order valence-corrected chi connectivity index (χ4v) is 1.52. The highest BCUT2D eigenvalue weighted by Gasteiger charge is 2.07. The summed E-state index contributed by atoms with van der Waals surface area (Å²) >= 11 is 0. The predicted octanol–water partition coefficient (Wildman–Crippen LogP) is 2.09. The molecule has 10 heavy (non-hydrogen) atoms. The van der Waals surface area contributed by atoms with Crippen LogP contribution in [0.2, 0.25) is 0 Å². The highest BCUT2D eigenvalue weighted by Crippen LogP contribution is 2.08. The summed E-state index contributed by atoms with van der Waals surface area (Å²) in [6, 6.07) is 0. The van der Waals surface area contributed by atoms with Crippen LogP contribution in [0.15, 0.2) is 0 Å². The van der Waals surface area contributed by atoms with E-state index in [1.807, 2.05) is 0 Å². The number of nitrogens with zero attached hydrogens (tertiary/aromatic N) is 1. The summed E-state index contributed by atoms with van der Waals surface area (Å²) in [5, 5.41) is 0. The Morgan fingerprint density at radius 3 is 2.40 bits per heavy atom. The van der Waals surface area contributed by atoms with E-state index < -0.39 is 0 Å². The molecule has 1 heteroatoms. The molecule has 1 aliphatic heterocycles. The molecular weight excluding hydrogens is 122 g/mol. The lowest BCUT2D eigenvalue weighted by Crippen LogP contribution is -2.30. The lowest BCUT2D eigenvalue weighted by Gasteiger charge is -2.26. The second-order valence-corrected chi connectivity index (χ2v) is 3.11. The lowest BCUT2D eigenvalue weighted by molar-refractivity contribution is 0.227. The average Bonchev–Trinajstić information content (AvgIpc) is 2.03. The van der Waals surface area contributed by atoms with Crippen molar-refractivity contribution < 1.29 is 0 Å². The number of likely N-dealkylation sites (tertiary alicyclic amines) is 1. The first-order valence-corrected chi connectivity index (χ1v) is 4.45. The third kappa shape index (κ3) is 2.70. The van der Waals surface area contributed by atoms with Crippen LogP contribution in [0.3, 0.4) is 0 Å². The zero-order valence-corrected chi connectivity index (χ0v) is 6.81. The van der Waals surface area contributed by atoms with Crippen LogP contribution < -0.4 is 0 Å². The molecule has 0 aromatic rings. The minimum absolute atomic E-state index is 1.09. The summed E-state index contributed by atoms with van der Waals surface area (Å²) in [5.74, 6) is 0. The fourth-order valence-electron chi connectivity index (χ4n) is 1.52. The first-order valence-electron chi connectivity index (χ1n) is 4.45. The van der Waals surface area contributed by atoms with Gasteiger partial charge in [0.2, 0.25) is 0 Å². The van der Waals surface area contributed by atoms with Gasteiger partial charge in [0, 0.05) is 0 Å². The van der Waals surface area contributed by atoms with Crippen LogP contribution in [-0.4, -0.2) is 24.5 Å². The monoisotopic (exact) mass is 140 g/mol. The Labute approximate surface area is 64.4 Å². The van der Waals surface area contributed by atoms with E-state index in [2.05, 4.69) is 11.8 Å². The smallest absolute Gasteiger partial charge is 0.00187 e. The number of hydrogen-bond donors (Lipinski definition) is 0. The number of hydrogen-bond acceptors (Lipinski definition) is 1. The summed E-state index contributed by atoms with van der Waals surface area (Å²) in [6.45, 7) is 7.79. The van der Waals surface area contributed by atoms with Gasteiger partial charge in [0.1, 0.15) is 0 Å². The van der Waals surface area contributed by atoms with Crippen LogP contribution in [0.4, 0.5) is 0 Å². The van der Waals surface area contributed by atoms with Crippen molar-refractivity contribution in [3.8, 4) is 0 Å². The van der Waals surface area contributed by atoms with E-state index in [-0.39, 0.29) is 0 Å². The Bertz CT molecular complexity index is 74.8. The van der Waals surface area contributed by atoms with Crippen molar-refractivity contribution in [3.63, 3.8) is 0 Å². The molecule has 60 valence electrons. The maximum absolute atomic E-state index is 3.84. The molecule has 0 amide bonds. The van der Waals surface area contributed by atoms with Crippen molar-refractivity contribution >= 4 is 0 Å². The van der Waals surface area contributed by atoms with Gasteiger partial charge in [-0.1, -0.05) is 12.8 Å². The van der Waals surface area contributed by atoms with E-state index in [1.54, 1.807) is 0 Å². The van der Waals surface area contributed by atoms with Crippen molar-refractivity contribution in [3.05, 3.63) is 6.92 Å². The van der Waals surface area contributed by atoms with Crippen molar-refractivity contribution in [1.29, 1.82) is 0 Å². The summed E-state index contributed by atoms with van der Waals surface area (Å²) in [4.78, 5) is 2.56. The molecule has 1 aliphatic rings. The average molecular weight is 140 g/mol. The van der Waals surface area contributed by atoms with Gasteiger partial charge in [0.25, 0.3) is 0 Å². The van der Waals surface area contributed by atoms with E-state index in [1.165, 1.54) is 45.3 Å². The van der Waals surface area contributed by atoms with Crippen molar-refractivity contribution in [2.24, 2.45) is 0 Å². The molecule has 1 heterocycles. The van der Waals surface area contributed by atoms with Crippen LogP contribution in [0, 0.1) is 6.92 Å². The first kappa shape index (κ1) is 8.06. The second-order valence-electron chi connectivity index (χ2n) is 3.11. The Morgan fingerprint density at radius 1 is 1.10 bits per heavy atom. The van der Waals surface area contributed by atoms with Gasteiger partial charge in [-0.3, -0.25) is 0 Å². The molecule has 0 saturated carbocycles. The van der Waals surface area contributed by atoms with Gasteiger partial charge in [-0.2, -0.15) is 6.42 Å². The summed E-state index contributed by atoms with van der Waals surface area (Å²) in [5.41, 5.74) is 0. The fraction of sp³-hybridized carbons (Fsp3) is 0.889. The number of unbranched alkanes of at least 4 members (excludes halogenated alkanes) is 1. The van der Waals surface area contributed by atoms with Crippen LogP contribution in [0.1, 0.15) is 32.1 Å². The quantitative estimate of drug-likeness (QED) is 0.542. The highest BCUT2D eigenvalue weighted by atomic mass is 15.1. The second kappa shape index (κ2) is 4.73. The minimum atomic E-state index is 1.09. The zero-order valence-electron chi connectivity index (χ0n) is 6.81. The molecule has 0 aromatic carbocycles. The molecule has 0 radical (unpaired) electrons. The van der Waals surface area contributed by atoms with Gasteiger partial charge in [-0.05, 0) is 32.5 Å². The molecule has 1 nitrogen and oxygen atoms in total. The standard InChI is InChI=1S/C9H18N/c1-2-3-7-10-8-5-4-6-9-10/h1-9H2/q-1. The predicted molar refractivity (Wildman–Crippen MR) is 44.9 cm³/mol. The third-order valence-electron chi connectivity index (χ3n) is 2.17. The Kier molecular flexibility index (Phi) is 3.81. The molecule has 0 N–H and O–H groups in total. The van der Waals surface area contributed by atoms with Gasteiger partial charge in [0.15, 0.2) is 0 Å². The normalized spacial score (nSPS) is 21.3. The maximum atomic E-state index is 3.84. The van der Waals surface area contributed by atoms with E-state index in [0.29, 0.717) is 0 Å². The van der Waals surface area contributed by atoms with Gasteiger partial charge in [-0.15, -0.1) is 0 Å². The first-order chi connectivity index (χ1) is 4.93. The summed E-state index contributed by atoms with van der Waals surface area (Å²) in [6.07, 6.45) is 6.64. The largest absolute Gasteiger partial charge is 0.343 e. The van der Waals surface area contributed by atoms with Crippen molar-refractivity contribution in [1.82, 2.24) is 4.90 Å². The van der Waals surface area contributed by atoms with Crippen LogP contribution in [-0.2, 0) is 0 Å². The van der Waals surface area contributed by atoms with Crippen LogP contribution in [0.5, 0.6) is 0 Å². The zero-order chi connectivity index (χ0) is 7.23. The Balaban J connectivity index is 2.02. The number of rotatable bonds is 3. The molecular formula is C9H18N-. The third-order valence-corrected chi connectivity index (χ3v) is 2.17. The van der Waals surface area contributed by atoms with Gasteiger partial charge < -0.3 is 11.8 Å². The molecule has 0 aliphatic carbocycles. The van der Waals surface area contributed by atoms with Crippen LogP contribution >= 0.6 is 0 Å². The van der Waals surface area contributed by atoms with E-state index in [4.69, 9.17) is 0 Å². The molecule has 0 atom stereocenters. The van der Waals surface area contributed by atoms with E-state index in [9.17, 15) is 0 Å². The van der Waals surface area contributed by atoms with Gasteiger partial charge >= 0.3 is 0 Å². The Hall–Kier alpha value is -0.0400. The summed E-state index contributed by atoms with van der Waals surface area (Å²) in [7, 11) is 0. The maximum Gasteiger partial charge on any atom is -0.00187 e. The van der Waals surface area contributed by atoms with Gasteiger partial charge in [0.05, 0.1) is 0 Å². The van der Waals surface area contributed by atoms with E-state index in [0.717, 1.165) is 6.42 Å². The highest BCUT2D eigenvalue weighted by molar-refractivity contribution is 4.64. The molecule has 1 rings (SSSR count). The molecule has 1 saturated heterocycles. The molecule has 0 unspecified atom stereocenters. The minimum Gasteiger partial charge on any atom is -0.343 e. The lowest BCUT2D eigenvalue weighted by atomic mass is 10.1. The topological polar surface area (TPSA) is 3.24 Å². The van der Waals surface area contributed by atoms with Crippen LogP contribution in [0.25, 0.3) is 0 Å². The molecule has 1 fully saturated rings. The van der Waals surface area contributed by atoms with Crippen molar-refractivity contribution in [2.45, 2.75) is 32.1 Å². The van der Waals surface area contributed by atoms with Gasteiger partial charge in [-0.25, -0.2) is 0 Å². The molecule has 0 bridgehead atoms. The van der Waals surface area contributed by atoms with Crippen molar-refractivity contribution in [2.75, 3.05) is 19.6 Å². The molecule has 0 spiro atoms. The number of piperidine rings is 1. The summed E-state index contributed by atoms with van der Waals surface area (Å²) < 4.78 is 0. The Morgan fingerprint density at radius 2 is 1.80 bits per heavy atom. The van der Waals surface area contributed by atoms with E-state index >= 15 is 0 Å². The SMILES string of the molecule is [CH2-]CCCN1CCCCC1.